The number of alkyl halides is 3. The molecule has 9 heteroatoms. The molecular formula is C12H12F3NO3S2. The van der Waals surface area contributed by atoms with Gasteiger partial charge in [-0.1, -0.05) is 24.4 Å². The highest BCUT2D eigenvalue weighted by Crippen LogP contribution is 2.40. The summed E-state index contributed by atoms with van der Waals surface area (Å²) in [5.74, 6) is 0. The topological polar surface area (TPSA) is 46.6 Å². The van der Waals surface area contributed by atoms with E-state index in [0.717, 1.165) is 18.4 Å². The number of hydrogen-bond acceptors (Lipinski definition) is 4. The van der Waals surface area contributed by atoms with E-state index >= 15 is 0 Å². The summed E-state index contributed by atoms with van der Waals surface area (Å²) in [6.45, 7) is 0.157. The molecule has 2 rings (SSSR count). The van der Waals surface area contributed by atoms with Gasteiger partial charge in [0.05, 0.1) is 18.4 Å². The summed E-state index contributed by atoms with van der Waals surface area (Å²) in [7, 11) is -2.17. The highest BCUT2D eigenvalue weighted by Gasteiger charge is 2.52. The molecule has 0 spiro atoms. The minimum absolute atomic E-state index is 0.157. The summed E-state index contributed by atoms with van der Waals surface area (Å²) in [6, 6.07) is 4.13. The molecule has 0 amide bonds. The molecule has 0 radical (unpaired) electrons. The highest BCUT2D eigenvalue weighted by atomic mass is 32.2. The molecule has 0 N–H and O–H groups in total. The smallest absolute Gasteiger partial charge is 0.363 e. The number of halogens is 3. The van der Waals surface area contributed by atoms with E-state index in [1.165, 1.54) is 12.1 Å². The van der Waals surface area contributed by atoms with E-state index in [4.69, 9.17) is 16.4 Å². The van der Waals surface area contributed by atoms with Crippen molar-refractivity contribution < 1.29 is 25.8 Å². The van der Waals surface area contributed by atoms with Crippen molar-refractivity contribution in [3.63, 3.8) is 0 Å². The van der Waals surface area contributed by atoms with Gasteiger partial charge in [0.25, 0.3) is 10.1 Å². The Morgan fingerprint density at radius 3 is 2.14 bits per heavy atom. The Labute approximate surface area is 125 Å². The first-order valence-electron chi connectivity index (χ1n) is 5.80. The zero-order chi connectivity index (χ0) is 16.1. The van der Waals surface area contributed by atoms with Crippen molar-refractivity contribution in [1.82, 2.24) is 4.90 Å². The third kappa shape index (κ3) is 3.04. The van der Waals surface area contributed by atoms with Crippen molar-refractivity contribution in [2.75, 3.05) is 19.8 Å². The SMILES string of the molecule is CN1CC(OS(C)(=O)=O)(c2ccc(C(F)(F)F)cc2)C1=S. The molecule has 21 heavy (non-hydrogen) atoms. The molecule has 1 aromatic carbocycles. The van der Waals surface area contributed by atoms with Gasteiger partial charge in [-0.05, 0) is 17.7 Å². The Bertz CT molecular complexity index is 670. The maximum atomic E-state index is 12.6. The lowest BCUT2D eigenvalue weighted by atomic mass is 9.86. The molecule has 0 aromatic heterocycles. The van der Waals surface area contributed by atoms with E-state index in [1.807, 2.05) is 0 Å². The Hall–Kier alpha value is -1.19. The van der Waals surface area contributed by atoms with Crippen LogP contribution in [0.5, 0.6) is 0 Å². The van der Waals surface area contributed by atoms with Crippen LogP contribution in [0, 0.1) is 0 Å². The quantitative estimate of drug-likeness (QED) is 0.624. The van der Waals surface area contributed by atoms with E-state index in [0.29, 0.717) is 0 Å². The Morgan fingerprint density at radius 1 is 1.29 bits per heavy atom. The molecule has 0 aliphatic carbocycles. The van der Waals surface area contributed by atoms with Gasteiger partial charge in [-0.2, -0.15) is 21.6 Å². The molecule has 1 atom stereocenters. The second kappa shape index (κ2) is 4.92. The molecule has 4 nitrogen and oxygen atoms in total. The van der Waals surface area contributed by atoms with Gasteiger partial charge in [0.2, 0.25) is 0 Å². The number of thiocarbonyl (C=S) groups is 1. The number of nitrogens with zero attached hydrogens (tertiary/aromatic N) is 1. The van der Waals surface area contributed by atoms with E-state index in [2.05, 4.69) is 0 Å². The molecule has 1 aromatic rings. The normalized spacial score (nSPS) is 23.1. The first kappa shape index (κ1) is 16.2. The standard InChI is InChI=1S/C12H12F3NO3S2/c1-16-7-11(10(16)20,19-21(2,17)18)8-3-5-9(6-4-8)12(13,14)15/h3-6H,7H2,1-2H3. The Kier molecular flexibility index (Phi) is 3.79. The van der Waals surface area contributed by atoms with Gasteiger partial charge in [0.15, 0.2) is 5.60 Å². The van der Waals surface area contributed by atoms with Crippen molar-refractivity contribution in [2.45, 2.75) is 11.8 Å². The number of benzene rings is 1. The molecule has 116 valence electrons. The van der Waals surface area contributed by atoms with Gasteiger partial charge < -0.3 is 4.90 Å². The van der Waals surface area contributed by atoms with Crippen LogP contribution in [0.25, 0.3) is 0 Å². The number of likely N-dealkylation sites (tertiary alicyclic amines) is 1. The maximum absolute atomic E-state index is 12.6. The molecule has 1 heterocycles. The fraction of sp³-hybridized carbons (Fsp3) is 0.417. The predicted octanol–water partition coefficient (Wildman–Crippen LogP) is 2.15. The van der Waals surface area contributed by atoms with Gasteiger partial charge in [-0.3, -0.25) is 0 Å². The zero-order valence-corrected chi connectivity index (χ0v) is 12.8. The summed E-state index contributed by atoms with van der Waals surface area (Å²) in [5, 5.41) is 0. The highest BCUT2D eigenvalue weighted by molar-refractivity contribution is 7.86. The van der Waals surface area contributed by atoms with Crippen molar-refractivity contribution in [1.29, 1.82) is 0 Å². The van der Waals surface area contributed by atoms with Crippen molar-refractivity contribution in [3.8, 4) is 0 Å². The molecular weight excluding hydrogens is 327 g/mol. The average molecular weight is 339 g/mol. The first-order chi connectivity index (χ1) is 9.46. The molecule has 1 fully saturated rings. The van der Waals surface area contributed by atoms with Crippen molar-refractivity contribution >= 4 is 27.3 Å². The second-order valence-corrected chi connectivity index (χ2v) is 6.81. The minimum Gasteiger partial charge on any atom is -0.363 e. The maximum Gasteiger partial charge on any atom is 0.416 e. The summed E-state index contributed by atoms with van der Waals surface area (Å²) in [4.78, 5) is 1.81. The van der Waals surface area contributed by atoms with Gasteiger partial charge in [-0.15, -0.1) is 0 Å². The fourth-order valence-electron chi connectivity index (χ4n) is 2.20. The minimum atomic E-state index is -4.46. The van der Waals surface area contributed by atoms with Crippen LogP contribution in [0.3, 0.4) is 0 Å². The number of rotatable bonds is 3. The lowest BCUT2D eigenvalue weighted by molar-refractivity contribution is -0.137. The summed E-state index contributed by atoms with van der Waals surface area (Å²) < 4.78 is 65.6. The van der Waals surface area contributed by atoms with E-state index in [-0.39, 0.29) is 17.1 Å². The zero-order valence-electron chi connectivity index (χ0n) is 11.1. The molecule has 1 unspecified atom stereocenters. The van der Waals surface area contributed by atoms with Gasteiger partial charge in [0, 0.05) is 7.05 Å². The largest absolute Gasteiger partial charge is 0.416 e. The van der Waals surface area contributed by atoms with Crippen molar-refractivity contribution in [3.05, 3.63) is 35.4 Å². The molecule has 0 saturated carbocycles. The molecule has 1 aliphatic rings. The van der Waals surface area contributed by atoms with Crippen LogP contribution >= 0.6 is 12.2 Å². The lowest BCUT2D eigenvalue weighted by Gasteiger charge is -2.48. The third-order valence-corrected chi connectivity index (χ3v) is 4.35. The second-order valence-electron chi connectivity index (χ2n) is 4.85. The van der Waals surface area contributed by atoms with Gasteiger partial charge in [0.1, 0.15) is 4.99 Å². The lowest BCUT2D eigenvalue weighted by Crippen LogP contribution is -2.63. The Morgan fingerprint density at radius 2 is 1.81 bits per heavy atom. The van der Waals surface area contributed by atoms with Gasteiger partial charge >= 0.3 is 6.18 Å². The predicted molar refractivity (Wildman–Crippen MR) is 74.3 cm³/mol. The number of likely N-dealkylation sites (N-methyl/N-ethyl adjacent to an activating group) is 1. The molecule has 0 bridgehead atoms. The monoisotopic (exact) mass is 339 g/mol. The first-order valence-corrected chi connectivity index (χ1v) is 8.02. The van der Waals surface area contributed by atoms with Gasteiger partial charge in [-0.25, -0.2) is 4.18 Å². The summed E-state index contributed by atoms with van der Waals surface area (Å²) in [5.41, 5.74) is -1.94. The van der Waals surface area contributed by atoms with Crippen molar-refractivity contribution in [2.24, 2.45) is 0 Å². The van der Waals surface area contributed by atoms with Crippen LogP contribution in [0.2, 0.25) is 0 Å². The van der Waals surface area contributed by atoms with Crippen LogP contribution in [0.4, 0.5) is 13.2 Å². The summed E-state index contributed by atoms with van der Waals surface area (Å²) >= 11 is 5.11. The van der Waals surface area contributed by atoms with Crippen LogP contribution in [0.15, 0.2) is 24.3 Å². The van der Waals surface area contributed by atoms with Crippen LogP contribution in [0.1, 0.15) is 11.1 Å². The molecule has 1 aliphatic heterocycles. The van der Waals surface area contributed by atoms with Crippen LogP contribution in [-0.4, -0.2) is 38.2 Å². The average Bonchev–Trinajstić information content (AvgIpc) is 2.35. The Balaban J connectivity index is 2.42. The van der Waals surface area contributed by atoms with E-state index in [1.54, 1.807) is 11.9 Å². The van der Waals surface area contributed by atoms with E-state index < -0.39 is 27.5 Å². The summed E-state index contributed by atoms with van der Waals surface area (Å²) in [6.07, 6.45) is -3.58. The number of hydrogen-bond donors (Lipinski definition) is 0. The fourth-order valence-corrected chi connectivity index (χ4v) is 3.29. The van der Waals surface area contributed by atoms with E-state index in [9.17, 15) is 21.6 Å². The third-order valence-electron chi connectivity index (χ3n) is 3.12. The van der Waals surface area contributed by atoms with Crippen LogP contribution in [-0.2, 0) is 26.1 Å². The van der Waals surface area contributed by atoms with Crippen LogP contribution < -0.4 is 0 Å². The molecule has 1 saturated heterocycles.